The lowest BCUT2D eigenvalue weighted by molar-refractivity contribution is -0.112. The van der Waals surface area contributed by atoms with E-state index in [0.717, 1.165) is 18.9 Å². The monoisotopic (exact) mass is 399 g/mol. The fraction of sp³-hybridized carbons (Fsp3) is 0.174. The number of nitrogens with one attached hydrogen (secondary N) is 1. The van der Waals surface area contributed by atoms with Crippen molar-refractivity contribution >= 4 is 28.2 Å². The van der Waals surface area contributed by atoms with Gasteiger partial charge in [-0.05, 0) is 24.3 Å². The molecule has 2 N–H and O–H groups in total. The first-order chi connectivity index (χ1) is 14.7. The standard InChI is InChI=1S/C23H21N5O2/c24-15-17(16-27-11-13-28(14-12-27)22-9-1-2-10-25-22)23(30)26-20-7-3-6-19-18(20)5-4-8-21(19)29/h1-10,16,29H,11-14H2,(H,26,30)/b17-16-. The molecule has 0 atom stereocenters. The Morgan fingerprint density at radius 1 is 1.03 bits per heavy atom. The Morgan fingerprint density at radius 3 is 2.53 bits per heavy atom. The third-order valence-electron chi connectivity index (χ3n) is 5.11. The number of carbonyl (C=O) groups excluding carboxylic acids is 1. The summed E-state index contributed by atoms with van der Waals surface area (Å²) >= 11 is 0. The molecule has 3 aromatic rings. The van der Waals surface area contributed by atoms with Gasteiger partial charge in [0, 0.05) is 55.0 Å². The van der Waals surface area contributed by atoms with Crippen LogP contribution in [0, 0.1) is 11.3 Å². The number of anilines is 2. The molecule has 1 aliphatic rings. The van der Waals surface area contributed by atoms with Gasteiger partial charge in [0.15, 0.2) is 0 Å². The zero-order chi connectivity index (χ0) is 20.9. The van der Waals surface area contributed by atoms with E-state index in [1.807, 2.05) is 35.2 Å². The number of aromatic nitrogens is 1. The number of pyridine rings is 1. The summed E-state index contributed by atoms with van der Waals surface area (Å²) in [4.78, 5) is 21.2. The molecule has 1 saturated heterocycles. The molecule has 0 spiro atoms. The molecule has 0 bridgehead atoms. The summed E-state index contributed by atoms with van der Waals surface area (Å²) in [5.74, 6) is 0.601. The number of piperazine rings is 1. The zero-order valence-electron chi connectivity index (χ0n) is 16.3. The topological polar surface area (TPSA) is 92.5 Å². The quantitative estimate of drug-likeness (QED) is 0.517. The maximum atomic E-state index is 12.7. The Hall–Kier alpha value is -4.05. The summed E-state index contributed by atoms with van der Waals surface area (Å²) in [6.45, 7) is 2.90. The number of aromatic hydroxyl groups is 1. The molecule has 4 rings (SSSR count). The van der Waals surface area contributed by atoms with Crippen LogP contribution in [-0.4, -0.2) is 47.1 Å². The Bertz CT molecular complexity index is 1130. The van der Waals surface area contributed by atoms with Gasteiger partial charge in [-0.25, -0.2) is 4.98 Å². The van der Waals surface area contributed by atoms with Crippen molar-refractivity contribution in [2.24, 2.45) is 0 Å². The van der Waals surface area contributed by atoms with E-state index in [-0.39, 0.29) is 11.3 Å². The highest BCUT2D eigenvalue weighted by Gasteiger charge is 2.18. The Kier molecular flexibility index (Phi) is 5.48. The van der Waals surface area contributed by atoms with Crippen LogP contribution in [-0.2, 0) is 4.79 Å². The lowest BCUT2D eigenvalue weighted by Crippen LogP contribution is -2.44. The number of fused-ring (bicyclic) bond motifs is 1. The molecule has 7 nitrogen and oxygen atoms in total. The van der Waals surface area contributed by atoms with Crippen LogP contribution in [0.25, 0.3) is 10.8 Å². The minimum Gasteiger partial charge on any atom is -0.507 e. The van der Waals surface area contributed by atoms with Crippen LogP contribution >= 0.6 is 0 Å². The molecule has 0 radical (unpaired) electrons. The molecule has 0 saturated carbocycles. The van der Waals surface area contributed by atoms with Crippen LogP contribution in [0.5, 0.6) is 5.75 Å². The van der Waals surface area contributed by atoms with E-state index in [2.05, 4.69) is 15.2 Å². The lowest BCUT2D eigenvalue weighted by Gasteiger charge is -2.34. The summed E-state index contributed by atoms with van der Waals surface area (Å²) in [5.41, 5.74) is 0.591. The number of carbonyl (C=O) groups is 1. The van der Waals surface area contributed by atoms with Crippen molar-refractivity contribution in [3.8, 4) is 11.8 Å². The van der Waals surface area contributed by atoms with Crippen LogP contribution in [0.3, 0.4) is 0 Å². The van der Waals surface area contributed by atoms with Crippen molar-refractivity contribution < 1.29 is 9.90 Å². The zero-order valence-corrected chi connectivity index (χ0v) is 16.3. The van der Waals surface area contributed by atoms with Gasteiger partial charge in [-0.1, -0.05) is 30.3 Å². The van der Waals surface area contributed by atoms with E-state index >= 15 is 0 Å². The third-order valence-corrected chi connectivity index (χ3v) is 5.11. The van der Waals surface area contributed by atoms with E-state index in [1.54, 1.807) is 42.7 Å². The third kappa shape index (κ3) is 4.03. The molecule has 1 aliphatic heterocycles. The molecule has 2 heterocycles. The van der Waals surface area contributed by atoms with Crippen molar-refractivity contribution in [1.82, 2.24) is 9.88 Å². The molecular weight excluding hydrogens is 378 g/mol. The number of rotatable bonds is 4. The van der Waals surface area contributed by atoms with Crippen LogP contribution in [0.1, 0.15) is 0 Å². The second-order valence-electron chi connectivity index (χ2n) is 7.00. The highest BCUT2D eigenvalue weighted by Crippen LogP contribution is 2.30. The second-order valence-corrected chi connectivity index (χ2v) is 7.00. The van der Waals surface area contributed by atoms with Crippen LogP contribution in [0.15, 0.2) is 72.6 Å². The van der Waals surface area contributed by atoms with Gasteiger partial charge in [0.1, 0.15) is 23.2 Å². The molecule has 2 aromatic carbocycles. The van der Waals surface area contributed by atoms with Gasteiger partial charge in [0.25, 0.3) is 5.91 Å². The van der Waals surface area contributed by atoms with E-state index < -0.39 is 5.91 Å². The van der Waals surface area contributed by atoms with Gasteiger partial charge in [0.2, 0.25) is 0 Å². The largest absolute Gasteiger partial charge is 0.507 e. The second kappa shape index (κ2) is 8.53. The van der Waals surface area contributed by atoms with Crippen LogP contribution in [0.2, 0.25) is 0 Å². The first-order valence-corrected chi connectivity index (χ1v) is 9.70. The summed E-state index contributed by atoms with van der Waals surface area (Å²) in [7, 11) is 0. The average molecular weight is 399 g/mol. The van der Waals surface area contributed by atoms with Gasteiger partial charge in [-0.2, -0.15) is 5.26 Å². The summed E-state index contributed by atoms with van der Waals surface area (Å²) in [5, 5.41) is 23.7. The number of nitrogens with zero attached hydrogens (tertiary/aromatic N) is 4. The van der Waals surface area contributed by atoms with E-state index in [9.17, 15) is 15.2 Å². The van der Waals surface area contributed by atoms with Crippen molar-refractivity contribution in [2.75, 3.05) is 36.4 Å². The predicted octanol–water partition coefficient (Wildman–Crippen LogP) is 3.11. The normalized spacial score (nSPS) is 14.4. The molecule has 7 heteroatoms. The molecule has 0 unspecified atom stereocenters. The molecule has 150 valence electrons. The van der Waals surface area contributed by atoms with Crippen LogP contribution < -0.4 is 10.2 Å². The average Bonchev–Trinajstić information content (AvgIpc) is 2.79. The number of hydrogen-bond donors (Lipinski definition) is 2. The molecule has 1 amide bonds. The van der Waals surface area contributed by atoms with Crippen LogP contribution in [0.4, 0.5) is 11.5 Å². The highest BCUT2D eigenvalue weighted by atomic mass is 16.3. The van der Waals surface area contributed by atoms with E-state index in [0.29, 0.717) is 29.5 Å². The fourth-order valence-corrected chi connectivity index (χ4v) is 3.53. The smallest absolute Gasteiger partial charge is 0.267 e. The summed E-state index contributed by atoms with van der Waals surface area (Å²) in [6, 6.07) is 18.2. The molecular formula is C23H21N5O2. The molecule has 30 heavy (non-hydrogen) atoms. The highest BCUT2D eigenvalue weighted by molar-refractivity contribution is 6.11. The van der Waals surface area contributed by atoms with E-state index in [4.69, 9.17) is 0 Å². The molecule has 1 fully saturated rings. The van der Waals surface area contributed by atoms with Crippen molar-refractivity contribution in [3.05, 3.63) is 72.6 Å². The Morgan fingerprint density at radius 2 is 1.80 bits per heavy atom. The van der Waals surface area contributed by atoms with Crippen molar-refractivity contribution in [2.45, 2.75) is 0 Å². The minimum absolute atomic E-state index is 0.0402. The first kappa shape index (κ1) is 19.3. The lowest BCUT2D eigenvalue weighted by atomic mass is 10.1. The number of phenolic OH excluding ortho intramolecular Hbond substituents is 1. The molecule has 1 aromatic heterocycles. The van der Waals surface area contributed by atoms with Crippen molar-refractivity contribution in [1.29, 1.82) is 5.26 Å². The number of amides is 1. The maximum Gasteiger partial charge on any atom is 0.267 e. The molecule has 0 aliphatic carbocycles. The number of nitriles is 1. The van der Waals surface area contributed by atoms with E-state index in [1.165, 1.54) is 0 Å². The van der Waals surface area contributed by atoms with Gasteiger partial charge in [0.05, 0.1) is 0 Å². The fourth-order valence-electron chi connectivity index (χ4n) is 3.53. The first-order valence-electron chi connectivity index (χ1n) is 9.70. The van der Waals surface area contributed by atoms with Gasteiger partial charge < -0.3 is 20.2 Å². The summed E-state index contributed by atoms with van der Waals surface area (Å²) < 4.78 is 0. The number of phenols is 1. The van der Waals surface area contributed by atoms with Gasteiger partial charge in [-0.15, -0.1) is 0 Å². The van der Waals surface area contributed by atoms with Crippen molar-refractivity contribution in [3.63, 3.8) is 0 Å². The van der Waals surface area contributed by atoms with Gasteiger partial charge >= 0.3 is 0 Å². The van der Waals surface area contributed by atoms with Gasteiger partial charge in [-0.3, -0.25) is 4.79 Å². The SMILES string of the molecule is N#C/C(=C/N1CCN(c2ccccn2)CC1)C(=O)Nc1cccc2c(O)cccc12. The maximum absolute atomic E-state index is 12.7. The Balaban J connectivity index is 1.46. The minimum atomic E-state index is -0.472. The summed E-state index contributed by atoms with van der Waals surface area (Å²) in [6.07, 6.45) is 3.39. The number of benzene rings is 2. The Labute approximate surface area is 174 Å². The predicted molar refractivity (Wildman–Crippen MR) is 116 cm³/mol. The number of hydrogen-bond acceptors (Lipinski definition) is 6.